The van der Waals surface area contributed by atoms with Crippen LogP contribution in [0.25, 0.3) is 0 Å². The van der Waals surface area contributed by atoms with E-state index in [0.717, 1.165) is 0 Å². The normalized spacial score (nSPS) is 29.8. The summed E-state index contributed by atoms with van der Waals surface area (Å²) in [5, 5.41) is 9.55. The van der Waals surface area contributed by atoms with Gasteiger partial charge >= 0.3 is 5.97 Å². The lowest BCUT2D eigenvalue weighted by molar-refractivity contribution is -0.153. The Hall–Kier alpha value is -1.14. The SMILES string of the molecule is CCOC(=O)C([C@@H]1CC(O)C[C@@H]1N)N(C)C=O. The van der Waals surface area contributed by atoms with E-state index in [1.54, 1.807) is 6.92 Å². The van der Waals surface area contributed by atoms with E-state index in [1.165, 1.54) is 11.9 Å². The average molecular weight is 244 g/mol. The first-order chi connectivity index (χ1) is 8.01. The summed E-state index contributed by atoms with van der Waals surface area (Å²) < 4.78 is 4.95. The molecule has 6 heteroatoms. The number of nitrogens with two attached hydrogens (primary N) is 1. The summed E-state index contributed by atoms with van der Waals surface area (Å²) in [6.45, 7) is 1.96. The Morgan fingerprint density at radius 3 is 2.71 bits per heavy atom. The number of nitrogens with zero attached hydrogens (tertiary/aromatic N) is 1. The molecule has 0 saturated heterocycles. The lowest BCUT2D eigenvalue weighted by Crippen LogP contribution is -2.48. The van der Waals surface area contributed by atoms with Crippen molar-refractivity contribution in [2.24, 2.45) is 11.7 Å². The van der Waals surface area contributed by atoms with Gasteiger partial charge in [0, 0.05) is 19.0 Å². The highest BCUT2D eigenvalue weighted by Gasteiger charge is 2.42. The zero-order chi connectivity index (χ0) is 13.0. The van der Waals surface area contributed by atoms with E-state index in [4.69, 9.17) is 10.5 Å². The van der Waals surface area contributed by atoms with Gasteiger partial charge in [-0.3, -0.25) is 4.79 Å². The highest BCUT2D eigenvalue weighted by Crippen LogP contribution is 2.30. The minimum atomic E-state index is -0.709. The minimum absolute atomic E-state index is 0.251. The van der Waals surface area contributed by atoms with Crippen molar-refractivity contribution >= 4 is 12.4 Å². The van der Waals surface area contributed by atoms with Crippen molar-refractivity contribution < 1.29 is 19.4 Å². The molecule has 2 unspecified atom stereocenters. The molecule has 0 aliphatic heterocycles. The Kier molecular flexibility index (Phi) is 4.89. The van der Waals surface area contributed by atoms with Crippen LogP contribution in [0.15, 0.2) is 0 Å². The zero-order valence-corrected chi connectivity index (χ0v) is 10.2. The highest BCUT2D eigenvalue weighted by atomic mass is 16.5. The predicted molar refractivity (Wildman–Crippen MR) is 61.0 cm³/mol. The number of rotatable bonds is 5. The van der Waals surface area contributed by atoms with Crippen LogP contribution in [0.3, 0.4) is 0 Å². The van der Waals surface area contributed by atoms with E-state index in [0.29, 0.717) is 19.3 Å². The molecule has 1 aliphatic rings. The molecule has 6 nitrogen and oxygen atoms in total. The van der Waals surface area contributed by atoms with Crippen molar-refractivity contribution in [3.05, 3.63) is 0 Å². The predicted octanol–water partition coefficient (Wildman–Crippen LogP) is -0.895. The fourth-order valence-corrected chi connectivity index (χ4v) is 2.37. The van der Waals surface area contributed by atoms with Gasteiger partial charge in [0.2, 0.25) is 6.41 Å². The highest BCUT2D eigenvalue weighted by molar-refractivity contribution is 5.78. The van der Waals surface area contributed by atoms with Gasteiger partial charge in [-0.1, -0.05) is 0 Å². The number of carbonyl (C=O) groups is 2. The van der Waals surface area contributed by atoms with Crippen LogP contribution in [0.5, 0.6) is 0 Å². The van der Waals surface area contributed by atoms with Gasteiger partial charge in [0.15, 0.2) is 0 Å². The molecule has 1 saturated carbocycles. The fourth-order valence-electron chi connectivity index (χ4n) is 2.37. The Bertz CT molecular complexity index is 285. The van der Waals surface area contributed by atoms with Crippen LogP contribution < -0.4 is 5.73 Å². The Morgan fingerprint density at radius 2 is 2.29 bits per heavy atom. The number of hydrogen-bond acceptors (Lipinski definition) is 5. The van der Waals surface area contributed by atoms with Crippen LogP contribution in [0.4, 0.5) is 0 Å². The van der Waals surface area contributed by atoms with E-state index in [2.05, 4.69) is 0 Å². The second-order valence-electron chi connectivity index (χ2n) is 4.42. The van der Waals surface area contributed by atoms with Crippen molar-refractivity contribution in [1.82, 2.24) is 4.90 Å². The van der Waals surface area contributed by atoms with E-state index >= 15 is 0 Å². The molecule has 1 amide bonds. The van der Waals surface area contributed by atoms with E-state index in [1.807, 2.05) is 0 Å². The molecular formula is C11H20N2O4. The van der Waals surface area contributed by atoms with Crippen LogP contribution in [-0.2, 0) is 14.3 Å². The molecule has 0 spiro atoms. The van der Waals surface area contributed by atoms with Gasteiger partial charge in [0.25, 0.3) is 0 Å². The number of amides is 1. The number of esters is 1. The third kappa shape index (κ3) is 3.17. The van der Waals surface area contributed by atoms with Gasteiger partial charge in [-0.05, 0) is 19.8 Å². The average Bonchev–Trinajstić information content (AvgIpc) is 2.58. The summed E-state index contributed by atoms with van der Waals surface area (Å²) in [5.41, 5.74) is 5.89. The summed E-state index contributed by atoms with van der Waals surface area (Å²) in [4.78, 5) is 23.9. The topological polar surface area (TPSA) is 92.9 Å². The molecule has 4 atom stereocenters. The van der Waals surface area contributed by atoms with Crippen LogP contribution in [0.1, 0.15) is 19.8 Å². The number of hydrogen-bond donors (Lipinski definition) is 2. The Labute approximate surface area is 101 Å². The van der Waals surface area contributed by atoms with Gasteiger partial charge in [-0.15, -0.1) is 0 Å². The van der Waals surface area contributed by atoms with E-state index in [9.17, 15) is 14.7 Å². The van der Waals surface area contributed by atoms with E-state index < -0.39 is 18.1 Å². The summed E-state index contributed by atoms with van der Waals surface area (Å²) in [6, 6.07) is -0.999. The number of ether oxygens (including phenoxy) is 1. The molecule has 1 aliphatic carbocycles. The second kappa shape index (κ2) is 5.97. The molecular weight excluding hydrogens is 224 g/mol. The maximum absolute atomic E-state index is 11.8. The van der Waals surface area contributed by atoms with Gasteiger partial charge in [0.1, 0.15) is 6.04 Å². The van der Waals surface area contributed by atoms with Crippen LogP contribution >= 0.6 is 0 Å². The monoisotopic (exact) mass is 244 g/mol. The maximum Gasteiger partial charge on any atom is 0.329 e. The minimum Gasteiger partial charge on any atom is -0.464 e. The summed E-state index contributed by atoms with van der Waals surface area (Å²) >= 11 is 0. The first kappa shape index (κ1) is 13.9. The van der Waals surface area contributed by atoms with Gasteiger partial charge in [-0.2, -0.15) is 0 Å². The molecule has 0 radical (unpaired) electrons. The lowest BCUT2D eigenvalue weighted by Gasteiger charge is -2.30. The molecule has 0 aromatic rings. The van der Waals surface area contributed by atoms with Crippen LogP contribution in [0, 0.1) is 5.92 Å². The third-order valence-corrected chi connectivity index (χ3v) is 3.18. The van der Waals surface area contributed by atoms with Crippen LogP contribution in [0.2, 0.25) is 0 Å². The third-order valence-electron chi connectivity index (χ3n) is 3.18. The van der Waals surface area contributed by atoms with Gasteiger partial charge in [0.05, 0.1) is 12.7 Å². The number of aliphatic hydroxyl groups is 1. The number of carbonyl (C=O) groups excluding carboxylic acids is 2. The molecule has 98 valence electrons. The van der Waals surface area contributed by atoms with E-state index in [-0.39, 0.29) is 18.6 Å². The van der Waals surface area contributed by atoms with Crippen molar-refractivity contribution in [2.45, 2.75) is 38.0 Å². The zero-order valence-electron chi connectivity index (χ0n) is 10.2. The fraction of sp³-hybridized carbons (Fsp3) is 0.818. The van der Waals surface area contributed by atoms with Gasteiger partial charge < -0.3 is 20.5 Å². The Balaban J connectivity index is 2.82. The number of likely N-dealkylation sites (N-methyl/N-ethyl adjacent to an activating group) is 1. The first-order valence-corrected chi connectivity index (χ1v) is 5.78. The van der Waals surface area contributed by atoms with Crippen molar-refractivity contribution in [3.8, 4) is 0 Å². The smallest absolute Gasteiger partial charge is 0.329 e. The molecule has 0 heterocycles. The quantitative estimate of drug-likeness (QED) is 0.483. The molecule has 0 aromatic carbocycles. The standard InChI is InChI=1S/C11H20N2O4/c1-3-17-11(16)10(13(2)6-14)8-4-7(15)5-9(8)12/h6-10,15H,3-5,12H2,1-2H3/t7?,8-,9+,10?/m1/s1. The molecule has 1 fully saturated rings. The van der Waals surface area contributed by atoms with Gasteiger partial charge in [-0.25, -0.2) is 4.79 Å². The molecule has 17 heavy (non-hydrogen) atoms. The summed E-state index contributed by atoms with van der Waals surface area (Å²) in [5.74, 6) is -0.712. The second-order valence-corrected chi connectivity index (χ2v) is 4.42. The molecule has 3 N–H and O–H groups in total. The largest absolute Gasteiger partial charge is 0.464 e. The van der Waals surface area contributed by atoms with Crippen LogP contribution in [-0.4, -0.2) is 54.2 Å². The first-order valence-electron chi connectivity index (χ1n) is 5.78. The molecule has 0 bridgehead atoms. The maximum atomic E-state index is 11.8. The van der Waals surface area contributed by atoms with Crippen molar-refractivity contribution in [3.63, 3.8) is 0 Å². The van der Waals surface area contributed by atoms with Crippen molar-refractivity contribution in [2.75, 3.05) is 13.7 Å². The number of aliphatic hydroxyl groups excluding tert-OH is 1. The lowest BCUT2D eigenvalue weighted by atomic mass is 9.94. The summed E-state index contributed by atoms with van der Waals surface area (Å²) in [6.07, 6.45) is 0.946. The summed E-state index contributed by atoms with van der Waals surface area (Å²) in [7, 11) is 1.52. The Morgan fingerprint density at radius 1 is 1.65 bits per heavy atom. The molecule has 0 aromatic heterocycles. The van der Waals surface area contributed by atoms with Crippen molar-refractivity contribution in [1.29, 1.82) is 0 Å². The molecule has 1 rings (SSSR count).